The molecule has 0 aromatic heterocycles. The number of rotatable bonds is 0. The highest BCUT2D eigenvalue weighted by Gasteiger charge is 2.41. The van der Waals surface area contributed by atoms with Crippen molar-refractivity contribution in [3.63, 3.8) is 0 Å². The van der Waals surface area contributed by atoms with Crippen molar-refractivity contribution in [3.05, 3.63) is 55.5 Å². The first-order chi connectivity index (χ1) is 10.4. The van der Waals surface area contributed by atoms with Gasteiger partial charge in [-0.25, -0.2) is 0 Å². The van der Waals surface area contributed by atoms with E-state index in [9.17, 15) is 20.4 Å². The summed E-state index contributed by atoms with van der Waals surface area (Å²) in [6.45, 7) is 0. The van der Waals surface area contributed by atoms with Crippen LogP contribution in [0.5, 0.6) is 0 Å². The molecule has 0 amide bonds. The number of hydrogen-bond acceptors (Lipinski definition) is 4. The zero-order valence-electron chi connectivity index (χ0n) is 11.2. The van der Waals surface area contributed by atoms with E-state index in [0.717, 1.165) is 0 Å². The molecule has 2 aromatic carbocycles. The Bertz CT molecular complexity index is 679. The Labute approximate surface area is 143 Å². The van der Waals surface area contributed by atoms with Gasteiger partial charge in [-0.05, 0) is 57.6 Å². The summed E-state index contributed by atoms with van der Waals surface area (Å²) in [6.07, 6.45) is -4.32. The van der Waals surface area contributed by atoms with E-state index < -0.39 is 24.4 Å². The first-order valence-electron chi connectivity index (χ1n) is 6.79. The van der Waals surface area contributed by atoms with Gasteiger partial charge in [-0.2, -0.15) is 0 Å². The standard InChI is InChI=1S/C16H12Br2O4/c17-5-1-7-11-8(2-5)15(21)16(22)10-4-6(18)3-9(12(10)11)14(20)13(7)19/h1-4,13-16,19-22H. The molecule has 2 aromatic rings. The molecule has 4 unspecified atom stereocenters. The van der Waals surface area contributed by atoms with Crippen LogP contribution >= 0.6 is 31.9 Å². The van der Waals surface area contributed by atoms with Gasteiger partial charge in [0.25, 0.3) is 0 Å². The summed E-state index contributed by atoms with van der Waals surface area (Å²) in [7, 11) is 0. The molecule has 0 bridgehead atoms. The fourth-order valence-corrected chi connectivity index (χ4v) is 4.48. The minimum atomic E-state index is -1.08. The Hall–Kier alpha value is -0.760. The quantitative estimate of drug-likeness (QED) is 0.521. The highest BCUT2D eigenvalue weighted by Crippen LogP contribution is 2.55. The third-order valence-corrected chi connectivity index (χ3v) is 5.37. The van der Waals surface area contributed by atoms with Gasteiger partial charge >= 0.3 is 0 Å². The summed E-state index contributed by atoms with van der Waals surface area (Å²) < 4.78 is 1.37. The molecule has 4 N–H and O–H groups in total. The van der Waals surface area contributed by atoms with Gasteiger partial charge in [-0.3, -0.25) is 0 Å². The molecule has 6 heteroatoms. The Kier molecular flexibility index (Phi) is 3.28. The van der Waals surface area contributed by atoms with Crippen LogP contribution in [0.3, 0.4) is 0 Å². The van der Waals surface area contributed by atoms with Crippen LogP contribution in [0.15, 0.2) is 33.2 Å². The SMILES string of the molecule is OC1c2cc(Br)cc3c2-c2c(cc(Br)cc2C(O)C3O)C1O. The number of aliphatic hydroxyl groups is 4. The fraction of sp³-hybridized carbons (Fsp3) is 0.250. The number of benzene rings is 2. The van der Waals surface area contributed by atoms with Crippen molar-refractivity contribution in [2.45, 2.75) is 24.4 Å². The predicted molar refractivity (Wildman–Crippen MR) is 87.1 cm³/mol. The minimum absolute atomic E-state index is 0.555. The maximum Gasteiger partial charge on any atom is 0.110 e. The van der Waals surface area contributed by atoms with Gasteiger partial charge in [-0.1, -0.05) is 31.9 Å². The zero-order chi connectivity index (χ0) is 15.8. The second kappa shape index (κ2) is 4.87. The molecule has 0 saturated carbocycles. The van der Waals surface area contributed by atoms with E-state index in [1.54, 1.807) is 24.3 Å². The molecule has 0 radical (unpaired) electrons. The Morgan fingerprint density at radius 3 is 1.00 bits per heavy atom. The first-order valence-corrected chi connectivity index (χ1v) is 8.38. The molecule has 114 valence electrons. The molecule has 0 fully saturated rings. The second-order valence-corrected chi connectivity index (χ2v) is 7.53. The highest BCUT2D eigenvalue weighted by molar-refractivity contribution is 9.10. The molecule has 2 aliphatic rings. The molecule has 2 aliphatic carbocycles. The van der Waals surface area contributed by atoms with Crippen LogP contribution in [-0.4, -0.2) is 20.4 Å². The van der Waals surface area contributed by atoms with Crippen molar-refractivity contribution in [3.8, 4) is 11.1 Å². The van der Waals surface area contributed by atoms with Crippen molar-refractivity contribution in [1.82, 2.24) is 0 Å². The normalized spacial score (nSPS) is 28.5. The van der Waals surface area contributed by atoms with Crippen LogP contribution in [0.4, 0.5) is 0 Å². The van der Waals surface area contributed by atoms with Crippen LogP contribution in [-0.2, 0) is 0 Å². The molecular formula is C16H12Br2O4. The summed E-state index contributed by atoms with van der Waals surface area (Å²) in [5, 5.41) is 41.8. The average Bonchev–Trinajstić information content (AvgIpc) is 2.48. The van der Waals surface area contributed by atoms with E-state index in [4.69, 9.17) is 0 Å². The topological polar surface area (TPSA) is 80.9 Å². The van der Waals surface area contributed by atoms with E-state index in [0.29, 0.717) is 42.3 Å². The third-order valence-electron chi connectivity index (χ3n) is 4.45. The van der Waals surface area contributed by atoms with E-state index in [2.05, 4.69) is 31.9 Å². The summed E-state index contributed by atoms with van der Waals surface area (Å²) >= 11 is 6.71. The van der Waals surface area contributed by atoms with Crippen molar-refractivity contribution in [2.75, 3.05) is 0 Å². The first kappa shape index (κ1) is 14.8. The molecule has 4 atom stereocenters. The summed E-state index contributed by atoms with van der Waals surface area (Å²) in [5.74, 6) is 0. The van der Waals surface area contributed by atoms with E-state index in [1.165, 1.54) is 0 Å². The van der Waals surface area contributed by atoms with Crippen LogP contribution in [0, 0.1) is 0 Å². The lowest BCUT2D eigenvalue weighted by molar-refractivity contribution is 0.00583. The lowest BCUT2D eigenvalue weighted by Gasteiger charge is -2.38. The van der Waals surface area contributed by atoms with Gasteiger partial charge in [0.2, 0.25) is 0 Å². The van der Waals surface area contributed by atoms with Crippen molar-refractivity contribution in [2.24, 2.45) is 0 Å². The molecule has 4 nitrogen and oxygen atoms in total. The summed E-state index contributed by atoms with van der Waals surface area (Å²) in [4.78, 5) is 0. The van der Waals surface area contributed by atoms with Gasteiger partial charge < -0.3 is 20.4 Å². The minimum Gasteiger partial charge on any atom is -0.385 e. The van der Waals surface area contributed by atoms with Crippen molar-refractivity contribution < 1.29 is 20.4 Å². The lowest BCUT2D eigenvalue weighted by atomic mass is 9.72. The summed E-state index contributed by atoms with van der Waals surface area (Å²) in [6, 6.07) is 6.97. The predicted octanol–water partition coefficient (Wildman–Crippen LogP) is 3.04. The van der Waals surface area contributed by atoms with Crippen LogP contribution in [0.2, 0.25) is 0 Å². The van der Waals surface area contributed by atoms with E-state index in [1.807, 2.05) is 0 Å². The van der Waals surface area contributed by atoms with Gasteiger partial charge in [0.15, 0.2) is 0 Å². The molecule has 22 heavy (non-hydrogen) atoms. The number of hydrogen-bond donors (Lipinski definition) is 4. The van der Waals surface area contributed by atoms with Crippen LogP contribution < -0.4 is 0 Å². The monoisotopic (exact) mass is 426 g/mol. The Morgan fingerprint density at radius 1 is 0.545 bits per heavy atom. The molecule has 0 heterocycles. The molecule has 0 aliphatic heterocycles. The van der Waals surface area contributed by atoms with Crippen molar-refractivity contribution >= 4 is 31.9 Å². The van der Waals surface area contributed by atoms with Gasteiger partial charge in [-0.15, -0.1) is 0 Å². The number of halogens is 2. The molecule has 0 spiro atoms. The molecule has 4 rings (SSSR count). The molecule has 0 saturated heterocycles. The van der Waals surface area contributed by atoms with Crippen molar-refractivity contribution in [1.29, 1.82) is 0 Å². The summed E-state index contributed by atoms with van der Waals surface area (Å²) in [5.41, 5.74) is 3.63. The van der Waals surface area contributed by atoms with E-state index in [-0.39, 0.29) is 0 Å². The Morgan fingerprint density at radius 2 is 0.773 bits per heavy atom. The highest BCUT2D eigenvalue weighted by atomic mass is 79.9. The molecular weight excluding hydrogens is 416 g/mol. The lowest BCUT2D eigenvalue weighted by Crippen LogP contribution is -2.26. The van der Waals surface area contributed by atoms with Gasteiger partial charge in [0.05, 0.1) is 0 Å². The Balaban J connectivity index is 2.18. The maximum absolute atomic E-state index is 10.5. The van der Waals surface area contributed by atoms with Gasteiger partial charge in [0.1, 0.15) is 24.4 Å². The van der Waals surface area contributed by atoms with Crippen LogP contribution in [0.25, 0.3) is 11.1 Å². The van der Waals surface area contributed by atoms with Gasteiger partial charge in [0, 0.05) is 8.95 Å². The third kappa shape index (κ3) is 1.82. The fourth-order valence-electron chi connectivity index (χ4n) is 3.49. The largest absolute Gasteiger partial charge is 0.385 e. The van der Waals surface area contributed by atoms with Crippen LogP contribution in [0.1, 0.15) is 46.7 Å². The second-order valence-electron chi connectivity index (χ2n) is 5.70. The zero-order valence-corrected chi connectivity index (χ0v) is 14.3. The number of aliphatic hydroxyl groups excluding tert-OH is 4. The smallest absolute Gasteiger partial charge is 0.110 e. The maximum atomic E-state index is 10.5. The van der Waals surface area contributed by atoms with E-state index >= 15 is 0 Å². The average molecular weight is 428 g/mol.